The summed E-state index contributed by atoms with van der Waals surface area (Å²) in [5.41, 5.74) is 1.44. The molecule has 1 aliphatic rings. The van der Waals surface area contributed by atoms with E-state index >= 15 is 0 Å². The van der Waals surface area contributed by atoms with Gasteiger partial charge < -0.3 is 10.4 Å². The van der Waals surface area contributed by atoms with Crippen molar-refractivity contribution in [1.29, 1.82) is 0 Å². The maximum atomic E-state index is 8.36. The van der Waals surface area contributed by atoms with Gasteiger partial charge in [-0.05, 0) is 31.4 Å². The van der Waals surface area contributed by atoms with Crippen LogP contribution >= 0.6 is 0 Å². The lowest BCUT2D eigenvalue weighted by Gasteiger charge is -2.01. The first kappa shape index (κ1) is 11.7. The molecule has 1 fully saturated rings. The van der Waals surface area contributed by atoms with Crippen LogP contribution in [0, 0.1) is 0 Å². The molecule has 3 heteroatoms. The fraction of sp³-hybridized carbons (Fsp3) is 0.417. The van der Waals surface area contributed by atoms with E-state index in [-0.39, 0.29) is 6.47 Å². The summed E-state index contributed by atoms with van der Waals surface area (Å²) in [7, 11) is 0. The summed E-state index contributed by atoms with van der Waals surface area (Å²) in [5, 5.41) is 10.4. The van der Waals surface area contributed by atoms with Gasteiger partial charge in [-0.1, -0.05) is 30.3 Å². The van der Waals surface area contributed by atoms with Crippen molar-refractivity contribution in [2.75, 3.05) is 6.54 Å². The van der Waals surface area contributed by atoms with Crippen molar-refractivity contribution in [2.45, 2.75) is 25.3 Å². The van der Waals surface area contributed by atoms with Crippen LogP contribution in [0.15, 0.2) is 30.3 Å². The zero-order valence-electron chi connectivity index (χ0n) is 8.73. The Balaban J connectivity index is 0.000000337. The molecule has 2 rings (SSSR count). The van der Waals surface area contributed by atoms with Crippen molar-refractivity contribution in [3.63, 3.8) is 0 Å². The standard InChI is InChI=1S/C11H15N.CH2O2/c1-2-4-10(5-3-1)8-9-12-11-6-7-11;2-1-3/h1-5,11-12H,6-9H2;1H,(H,2,3). The molecule has 0 aliphatic heterocycles. The topological polar surface area (TPSA) is 49.3 Å². The Bertz CT molecular complexity index is 270. The minimum Gasteiger partial charge on any atom is -0.483 e. The molecule has 1 saturated carbocycles. The zero-order valence-corrected chi connectivity index (χ0v) is 8.73. The first-order chi connectivity index (χ1) is 7.36. The number of hydrogen-bond acceptors (Lipinski definition) is 2. The predicted octanol–water partition coefficient (Wildman–Crippen LogP) is 1.68. The van der Waals surface area contributed by atoms with Crippen molar-refractivity contribution in [2.24, 2.45) is 0 Å². The largest absolute Gasteiger partial charge is 0.483 e. The molecular formula is C12H17NO2. The van der Waals surface area contributed by atoms with Crippen molar-refractivity contribution >= 4 is 6.47 Å². The van der Waals surface area contributed by atoms with Gasteiger partial charge in [0, 0.05) is 6.04 Å². The van der Waals surface area contributed by atoms with Crippen LogP contribution in [-0.4, -0.2) is 24.2 Å². The maximum Gasteiger partial charge on any atom is 0.290 e. The van der Waals surface area contributed by atoms with Crippen LogP contribution in [0.25, 0.3) is 0 Å². The minimum absolute atomic E-state index is 0.250. The molecule has 3 nitrogen and oxygen atoms in total. The molecular weight excluding hydrogens is 190 g/mol. The van der Waals surface area contributed by atoms with E-state index in [1.807, 2.05) is 0 Å². The van der Waals surface area contributed by atoms with Gasteiger partial charge in [0.1, 0.15) is 0 Å². The Hall–Kier alpha value is -1.35. The lowest BCUT2D eigenvalue weighted by Crippen LogP contribution is -2.19. The van der Waals surface area contributed by atoms with Gasteiger partial charge in [0.2, 0.25) is 0 Å². The summed E-state index contributed by atoms with van der Waals surface area (Å²) in [6.07, 6.45) is 3.93. The third-order valence-corrected chi connectivity index (χ3v) is 2.27. The highest BCUT2D eigenvalue weighted by Gasteiger charge is 2.19. The molecule has 1 aromatic rings. The van der Waals surface area contributed by atoms with Crippen LogP contribution in [0.1, 0.15) is 18.4 Å². The van der Waals surface area contributed by atoms with Crippen LogP contribution < -0.4 is 5.32 Å². The van der Waals surface area contributed by atoms with E-state index in [1.165, 1.54) is 18.4 Å². The summed E-state index contributed by atoms with van der Waals surface area (Å²) in [4.78, 5) is 8.36. The monoisotopic (exact) mass is 207 g/mol. The van der Waals surface area contributed by atoms with E-state index in [0.29, 0.717) is 0 Å². The molecule has 0 bridgehead atoms. The molecule has 0 radical (unpaired) electrons. The van der Waals surface area contributed by atoms with Gasteiger partial charge in [0.05, 0.1) is 0 Å². The summed E-state index contributed by atoms with van der Waals surface area (Å²) in [6.45, 7) is 0.884. The Labute approximate surface area is 90.1 Å². The van der Waals surface area contributed by atoms with Crippen molar-refractivity contribution in [3.05, 3.63) is 35.9 Å². The molecule has 0 heterocycles. The number of carbonyl (C=O) groups is 1. The second-order valence-electron chi connectivity index (χ2n) is 3.57. The van der Waals surface area contributed by atoms with Gasteiger partial charge in [0.25, 0.3) is 6.47 Å². The molecule has 82 valence electrons. The fourth-order valence-electron chi connectivity index (χ4n) is 1.35. The molecule has 1 aromatic carbocycles. The lowest BCUT2D eigenvalue weighted by atomic mass is 10.1. The Kier molecular flexibility index (Phi) is 5.48. The first-order valence-electron chi connectivity index (χ1n) is 5.22. The molecule has 0 aromatic heterocycles. The van der Waals surface area contributed by atoms with E-state index in [1.54, 1.807) is 0 Å². The fourth-order valence-corrected chi connectivity index (χ4v) is 1.35. The van der Waals surface area contributed by atoms with Crippen LogP contribution in [0.4, 0.5) is 0 Å². The maximum absolute atomic E-state index is 8.36. The summed E-state index contributed by atoms with van der Waals surface area (Å²) in [5.74, 6) is 0. The van der Waals surface area contributed by atoms with Gasteiger partial charge in [-0.15, -0.1) is 0 Å². The van der Waals surface area contributed by atoms with E-state index in [9.17, 15) is 0 Å². The molecule has 0 unspecified atom stereocenters. The quantitative estimate of drug-likeness (QED) is 0.738. The summed E-state index contributed by atoms with van der Waals surface area (Å²) < 4.78 is 0. The van der Waals surface area contributed by atoms with Crippen molar-refractivity contribution in [3.8, 4) is 0 Å². The van der Waals surface area contributed by atoms with E-state index in [0.717, 1.165) is 19.0 Å². The predicted molar refractivity (Wildman–Crippen MR) is 59.9 cm³/mol. The molecule has 0 spiro atoms. The highest BCUT2D eigenvalue weighted by atomic mass is 16.3. The number of hydrogen-bond donors (Lipinski definition) is 2. The third kappa shape index (κ3) is 5.86. The van der Waals surface area contributed by atoms with Gasteiger partial charge in [-0.3, -0.25) is 4.79 Å². The molecule has 2 N–H and O–H groups in total. The van der Waals surface area contributed by atoms with Crippen LogP contribution in [0.5, 0.6) is 0 Å². The summed E-state index contributed by atoms with van der Waals surface area (Å²) >= 11 is 0. The second kappa shape index (κ2) is 7.01. The number of benzene rings is 1. The van der Waals surface area contributed by atoms with Crippen LogP contribution in [0.2, 0.25) is 0 Å². The Morgan fingerprint density at radius 3 is 2.47 bits per heavy atom. The Morgan fingerprint density at radius 2 is 1.93 bits per heavy atom. The number of rotatable bonds is 4. The SMILES string of the molecule is O=CO.c1ccc(CCNC2CC2)cc1. The third-order valence-electron chi connectivity index (χ3n) is 2.27. The zero-order chi connectivity index (χ0) is 10.9. The molecule has 0 saturated heterocycles. The average molecular weight is 207 g/mol. The molecule has 15 heavy (non-hydrogen) atoms. The smallest absolute Gasteiger partial charge is 0.290 e. The molecule has 0 amide bonds. The number of nitrogens with one attached hydrogen (secondary N) is 1. The van der Waals surface area contributed by atoms with Crippen LogP contribution in [-0.2, 0) is 11.2 Å². The Morgan fingerprint density at radius 1 is 1.33 bits per heavy atom. The highest BCUT2D eigenvalue weighted by Crippen LogP contribution is 2.18. The van der Waals surface area contributed by atoms with Gasteiger partial charge in [0.15, 0.2) is 0 Å². The van der Waals surface area contributed by atoms with Crippen molar-refractivity contribution in [1.82, 2.24) is 5.32 Å². The summed E-state index contributed by atoms with van der Waals surface area (Å²) in [6, 6.07) is 11.5. The minimum atomic E-state index is -0.250. The van der Waals surface area contributed by atoms with Gasteiger partial charge >= 0.3 is 0 Å². The van der Waals surface area contributed by atoms with E-state index < -0.39 is 0 Å². The average Bonchev–Trinajstić information content (AvgIpc) is 3.05. The normalized spacial score (nSPS) is 13.9. The second-order valence-corrected chi connectivity index (χ2v) is 3.57. The van der Waals surface area contributed by atoms with Crippen molar-refractivity contribution < 1.29 is 9.90 Å². The van der Waals surface area contributed by atoms with Crippen LogP contribution in [0.3, 0.4) is 0 Å². The van der Waals surface area contributed by atoms with Gasteiger partial charge in [-0.2, -0.15) is 0 Å². The van der Waals surface area contributed by atoms with Gasteiger partial charge in [-0.25, -0.2) is 0 Å². The first-order valence-corrected chi connectivity index (χ1v) is 5.22. The molecule has 0 atom stereocenters. The van der Waals surface area contributed by atoms with E-state index in [2.05, 4.69) is 35.6 Å². The van der Waals surface area contributed by atoms with E-state index in [4.69, 9.17) is 9.90 Å². The lowest BCUT2D eigenvalue weighted by molar-refractivity contribution is -0.122. The molecule has 1 aliphatic carbocycles. The highest BCUT2D eigenvalue weighted by molar-refractivity contribution is 5.32. The number of carboxylic acid groups (broad SMARTS) is 1.